The molecule has 2 N–H and O–H groups in total. The van der Waals surface area contributed by atoms with Crippen molar-refractivity contribution < 1.29 is 13.9 Å². The zero-order valence-corrected chi connectivity index (χ0v) is 16.3. The molecule has 0 saturated carbocycles. The summed E-state index contributed by atoms with van der Waals surface area (Å²) in [5.41, 5.74) is 2.14. The number of rotatable bonds is 7. The summed E-state index contributed by atoms with van der Waals surface area (Å²) < 4.78 is 19.1. The molecule has 3 rings (SSSR count). The number of methoxy groups -OCH3 is 1. The lowest BCUT2D eigenvalue weighted by atomic mass is 10.2. The summed E-state index contributed by atoms with van der Waals surface area (Å²) in [7, 11) is 1.61. The third kappa shape index (κ3) is 5.41. The zero-order chi connectivity index (χ0) is 19.2. The van der Waals surface area contributed by atoms with Crippen LogP contribution in [-0.4, -0.2) is 29.0 Å². The molecule has 0 unspecified atom stereocenters. The van der Waals surface area contributed by atoms with Gasteiger partial charge in [-0.3, -0.25) is 4.79 Å². The maximum absolute atomic E-state index is 13.3. The predicted octanol–water partition coefficient (Wildman–Crippen LogP) is 4.47. The van der Waals surface area contributed by atoms with Crippen LogP contribution in [0.25, 0.3) is 0 Å². The van der Waals surface area contributed by atoms with Gasteiger partial charge < -0.3 is 15.4 Å². The van der Waals surface area contributed by atoms with Gasteiger partial charge in [-0.15, -0.1) is 10.2 Å². The van der Waals surface area contributed by atoms with Crippen LogP contribution in [0.3, 0.4) is 0 Å². The first-order chi connectivity index (χ1) is 13.0. The summed E-state index contributed by atoms with van der Waals surface area (Å²) >= 11 is 2.62. The number of hydrogen-bond acceptors (Lipinski definition) is 7. The van der Waals surface area contributed by atoms with Crippen LogP contribution in [0.15, 0.2) is 46.8 Å². The molecule has 3 aromatic rings. The van der Waals surface area contributed by atoms with Crippen molar-refractivity contribution in [1.29, 1.82) is 0 Å². The highest BCUT2D eigenvalue weighted by molar-refractivity contribution is 8.01. The number of aromatic nitrogens is 2. The van der Waals surface area contributed by atoms with Gasteiger partial charge in [0.1, 0.15) is 11.6 Å². The third-order valence-electron chi connectivity index (χ3n) is 3.55. The lowest BCUT2D eigenvalue weighted by molar-refractivity contribution is -0.113. The summed E-state index contributed by atoms with van der Waals surface area (Å²) in [4.78, 5) is 12.1. The van der Waals surface area contributed by atoms with Crippen LogP contribution in [0.2, 0.25) is 0 Å². The van der Waals surface area contributed by atoms with Crippen LogP contribution < -0.4 is 15.4 Å². The minimum absolute atomic E-state index is 0.160. The molecule has 1 heterocycles. The molecule has 140 valence electrons. The lowest BCUT2D eigenvalue weighted by Crippen LogP contribution is -2.14. The number of nitrogens with zero attached hydrogens (tertiary/aromatic N) is 2. The van der Waals surface area contributed by atoms with Crippen LogP contribution >= 0.6 is 23.1 Å². The number of benzene rings is 2. The van der Waals surface area contributed by atoms with E-state index in [0.29, 0.717) is 15.2 Å². The fourth-order valence-corrected chi connectivity index (χ4v) is 3.73. The van der Waals surface area contributed by atoms with E-state index in [-0.39, 0.29) is 17.5 Å². The Hall–Kier alpha value is -2.65. The van der Waals surface area contributed by atoms with E-state index < -0.39 is 0 Å². The molecule has 1 amide bonds. The number of amides is 1. The number of halogens is 1. The molecule has 2 aromatic carbocycles. The van der Waals surface area contributed by atoms with E-state index in [1.807, 2.05) is 31.2 Å². The molecule has 0 aliphatic heterocycles. The highest BCUT2D eigenvalue weighted by atomic mass is 32.2. The van der Waals surface area contributed by atoms with Gasteiger partial charge >= 0.3 is 0 Å². The van der Waals surface area contributed by atoms with E-state index >= 15 is 0 Å². The SMILES string of the molecule is COc1ccc(Nc2nnc(SCC(=O)Nc3cc(F)ccc3C)s2)cc1. The Bertz CT molecular complexity index is 931. The van der Waals surface area contributed by atoms with Crippen LogP contribution in [0, 0.1) is 12.7 Å². The number of nitrogens with one attached hydrogen (secondary N) is 2. The van der Waals surface area contributed by atoms with Crippen molar-refractivity contribution in [3.8, 4) is 5.75 Å². The van der Waals surface area contributed by atoms with Crippen LogP contribution in [0.5, 0.6) is 5.75 Å². The molecular formula is C18H17FN4O2S2. The number of thioether (sulfide) groups is 1. The monoisotopic (exact) mass is 404 g/mol. The third-order valence-corrected chi connectivity index (χ3v) is 5.52. The second kappa shape index (κ2) is 8.83. The van der Waals surface area contributed by atoms with E-state index in [2.05, 4.69) is 20.8 Å². The number of ether oxygens (including phenoxy) is 1. The van der Waals surface area contributed by atoms with E-state index in [9.17, 15) is 9.18 Å². The Morgan fingerprint density at radius 3 is 2.74 bits per heavy atom. The van der Waals surface area contributed by atoms with E-state index in [1.165, 1.54) is 35.2 Å². The Morgan fingerprint density at radius 1 is 1.22 bits per heavy atom. The lowest BCUT2D eigenvalue weighted by Gasteiger charge is -2.07. The summed E-state index contributed by atoms with van der Waals surface area (Å²) in [5.74, 6) is 0.316. The Kier molecular flexibility index (Phi) is 6.25. The first-order valence-electron chi connectivity index (χ1n) is 7.97. The second-order valence-electron chi connectivity index (χ2n) is 5.52. The molecule has 0 saturated heterocycles. The molecular weight excluding hydrogens is 387 g/mol. The van der Waals surface area contributed by atoms with Gasteiger partial charge in [-0.25, -0.2) is 4.39 Å². The maximum atomic E-state index is 13.3. The average molecular weight is 404 g/mol. The van der Waals surface area contributed by atoms with Gasteiger partial charge in [0.05, 0.1) is 12.9 Å². The molecule has 0 radical (unpaired) electrons. The number of anilines is 3. The zero-order valence-electron chi connectivity index (χ0n) is 14.7. The number of carbonyl (C=O) groups excluding carboxylic acids is 1. The van der Waals surface area contributed by atoms with Crippen molar-refractivity contribution >= 4 is 45.5 Å². The van der Waals surface area contributed by atoms with Gasteiger partial charge in [-0.1, -0.05) is 29.2 Å². The quantitative estimate of drug-likeness (QED) is 0.566. The molecule has 27 heavy (non-hydrogen) atoms. The molecule has 1 aromatic heterocycles. The molecule has 6 nitrogen and oxygen atoms in total. The Morgan fingerprint density at radius 2 is 2.00 bits per heavy atom. The standard InChI is InChI=1S/C18H17FN4O2S2/c1-11-3-4-12(19)9-15(11)21-16(24)10-26-18-23-22-17(27-18)20-13-5-7-14(25-2)8-6-13/h3-9H,10H2,1-2H3,(H,20,22)(H,21,24). The number of carbonyl (C=O) groups is 1. The van der Waals surface area contributed by atoms with Crippen molar-refractivity contribution in [3.63, 3.8) is 0 Å². The molecule has 0 bridgehead atoms. The van der Waals surface area contributed by atoms with Gasteiger partial charge in [0.25, 0.3) is 0 Å². The average Bonchev–Trinajstić information content (AvgIpc) is 3.11. The van der Waals surface area contributed by atoms with Crippen LogP contribution in [-0.2, 0) is 4.79 Å². The molecule has 0 atom stereocenters. The Balaban J connectivity index is 1.52. The summed E-state index contributed by atoms with van der Waals surface area (Å²) in [6.45, 7) is 1.81. The molecule has 0 fully saturated rings. The van der Waals surface area contributed by atoms with Gasteiger partial charge in [0.2, 0.25) is 11.0 Å². The van der Waals surface area contributed by atoms with Gasteiger partial charge in [-0.05, 0) is 48.9 Å². The first kappa shape index (κ1) is 19.1. The topological polar surface area (TPSA) is 76.1 Å². The fraction of sp³-hybridized carbons (Fsp3) is 0.167. The van der Waals surface area contributed by atoms with Gasteiger partial charge in [0, 0.05) is 11.4 Å². The van der Waals surface area contributed by atoms with Crippen molar-refractivity contribution in [2.24, 2.45) is 0 Å². The fourth-order valence-electron chi connectivity index (χ4n) is 2.16. The van der Waals surface area contributed by atoms with Crippen molar-refractivity contribution in [3.05, 3.63) is 53.8 Å². The largest absolute Gasteiger partial charge is 0.497 e. The van der Waals surface area contributed by atoms with E-state index in [0.717, 1.165) is 17.0 Å². The van der Waals surface area contributed by atoms with Crippen molar-refractivity contribution in [2.75, 3.05) is 23.5 Å². The summed E-state index contributed by atoms with van der Waals surface area (Å²) in [6.07, 6.45) is 0. The van der Waals surface area contributed by atoms with E-state index in [4.69, 9.17) is 4.74 Å². The summed E-state index contributed by atoms with van der Waals surface area (Å²) in [6, 6.07) is 11.7. The molecule has 0 aliphatic rings. The van der Waals surface area contributed by atoms with E-state index in [1.54, 1.807) is 13.2 Å². The van der Waals surface area contributed by atoms with Crippen LogP contribution in [0.1, 0.15) is 5.56 Å². The highest BCUT2D eigenvalue weighted by Crippen LogP contribution is 2.28. The Labute approximate surface area is 164 Å². The second-order valence-corrected chi connectivity index (χ2v) is 7.72. The number of aryl methyl sites for hydroxylation is 1. The summed E-state index contributed by atoms with van der Waals surface area (Å²) in [5, 5.41) is 14.6. The van der Waals surface area contributed by atoms with Crippen LogP contribution in [0.4, 0.5) is 20.9 Å². The minimum atomic E-state index is -0.387. The van der Waals surface area contributed by atoms with Gasteiger partial charge in [-0.2, -0.15) is 0 Å². The minimum Gasteiger partial charge on any atom is -0.497 e. The highest BCUT2D eigenvalue weighted by Gasteiger charge is 2.10. The van der Waals surface area contributed by atoms with Crippen molar-refractivity contribution in [2.45, 2.75) is 11.3 Å². The predicted molar refractivity (Wildman–Crippen MR) is 107 cm³/mol. The normalized spacial score (nSPS) is 10.5. The molecule has 0 spiro atoms. The molecule has 9 heteroatoms. The number of hydrogen-bond donors (Lipinski definition) is 2. The smallest absolute Gasteiger partial charge is 0.234 e. The first-order valence-corrected chi connectivity index (χ1v) is 9.77. The van der Waals surface area contributed by atoms with Gasteiger partial charge in [0.15, 0.2) is 4.34 Å². The maximum Gasteiger partial charge on any atom is 0.234 e. The van der Waals surface area contributed by atoms with Crippen molar-refractivity contribution in [1.82, 2.24) is 10.2 Å². The molecule has 0 aliphatic carbocycles.